The summed E-state index contributed by atoms with van der Waals surface area (Å²) in [6.07, 6.45) is 4.88. The molecule has 0 saturated heterocycles. The molecule has 0 fully saturated rings. The van der Waals surface area contributed by atoms with E-state index in [0.29, 0.717) is 52.9 Å². The Balaban J connectivity index is 1.50. The number of hydrazine groups is 2. The zero-order valence-electron chi connectivity index (χ0n) is 22.6. The average Bonchev–Trinajstić information content (AvgIpc) is 3.32. The lowest BCUT2D eigenvalue weighted by Gasteiger charge is -2.29. The number of nitrogens with one attached hydrogen (secondary N) is 2. The third-order valence-electron chi connectivity index (χ3n) is 6.14. The van der Waals surface area contributed by atoms with E-state index < -0.39 is 11.7 Å². The van der Waals surface area contributed by atoms with Crippen molar-refractivity contribution in [2.45, 2.75) is 19.8 Å². The van der Waals surface area contributed by atoms with E-state index >= 15 is 0 Å². The van der Waals surface area contributed by atoms with Crippen LogP contribution in [0.15, 0.2) is 54.7 Å². The molecular formula is C27H35FN8O4. The Hall–Kier alpha value is -4.36. The van der Waals surface area contributed by atoms with E-state index in [1.165, 1.54) is 28.6 Å². The van der Waals surface area contributed by atoms with Gasteiger partial charge in [-0.1, -0.05) is 13.0 Å². The fourth-order valence-electron chi connectivity index (χ4n) is 4.40. The smallest absolute Gasteiger partial charge is 0.239 e. The fourth-order valence-corrected chi connectivity index (χ4v) is 4.40. The molecule has 214 valence electrons. The highest BCUT2D eigenvalue weighted by atomic mass is 19.1. The van der Waals surface area contributed by atoms with E-state index in [1.54, 1.807) is 37.6 Å². The number of amides is 1. The van der Waals surface area contributed by atoms with E-state index in [1.807, 2.05) is 0 Å². The molecule has 1 aliphatic rings. The molecule has 0 bridgehead atoms. The number of benzene rings is 2. The first-order valence-electron chi connectivity index (χ1n) is 13.1. The number of anilines is 2. The summed E-state index contributed by atoms with van der Waals surface area (Å²) in [5, 5.41) is 16.2. The highest BCUT2D eigenvalue weighted by Crippen LogP contribution is 2.34. The van der Waals surface area contributed by atoms with Gasteiger partial charge in [0.15, 0.2) is 11.5 Å². The Morgan fingerprint density at radius 1 is 1.20 bits per heavy atom. The van der Waals surface area contributed by atoms with Crippen LogP contribution < -0.4 is 31.1 Å². The Morgan fingerprint density at radius 3 is 2.77 bits per heavy atom. The summed E-state index contributed by atoms with van der Waals surface area (Å²) < 4.78 is 25.5. The first-order chi connectivity index (χ1) is 19.4. The van der Waals surface area contributed by atoms with Crippen LogP contribution in [-0.4, -0.2) is 77.4 Å². The number of rotatable bonds is 15. The van der Waals surface area contributed by atoms with Crippen LogP contribution in [0.1, 0.15) is 19.8 Å². The second-order valence-corrected chi connectivity index (χ2v) is 9.14. The Kier molecular flexibility index (Phi) is 9.76. The maximum Gasteiger partial charge on any atom is 0.239 e. The molecule has 1 aromatic heterocycles. The maximum absolute atomic E-state index is 13.9. The van der Waals surface area contributed by atoms with Crippen molar-refractivity contribution in [3.05, 3.63) is 60.6 Å². The third-order valence-corrected chi connectivity index (χ3v) is 6.14. The summed E-state index contributed by atoms with van der Waals surface area (Å²) in [4.78, 5) is 22.7. The lowest BCUT2D eigenvalue weighted by molar-refractivity contribution is -0.118. The molecule has 0 saturated carbocycles. The van der Waals surface area contributed by atoms with Crippen LogP contribution in [0.4, 0.5) is 15.9 Å². The van der Waals surface area contributed by atoms with E-state index in [2.05, 4.69) is 32.5 Å². The van der Waals surface area contributed by atoms with Crippen LogP contribution in [0.3, 0.4) is 0 Å². The molecule has 2 aromatic carbocycles. The molecule has 0 atom stereocenters. The highest BCUT2D eigenvalue weighted by Gasteiger charge is 2.25. The van der Waals surface area contributed by atoms with Crippen molar-refractivity contribution in [1.29, 1.82) is 0 Å². The predicted molar refractivity (Wildman–Crippen MR) is 150 cm³/mol. The van der Waals surface area contributed by atoms with Crippen molar-refractivity contribution in [3.63, 3.8) is 0 Å². The minimum Gasteiger partial charge on any atom is -0.493 e. The Morgan fingerprint density at radius 2 is 2.05 bits per heavy atom. The highest BCUT2D eigenvalue weighted by molar-refractivity contribution is 5.92. The van der Waals surface area contributed by atoms with Gasteiger partial charge in [-0.15, -0.1) is 0 Å². The number of nitrogens with two attached hydrogens (primary N) is 1. The van der Waals surface area contributed by atoms with Gasteiger partial charge in [0.05, 0.1) is 37.7 Å². The monoisotopic (exact) mass is 554 g/mol. The molecule has 4 rings (SSSR count). The van der Waals surface area contributed by atoms with Gasteiger partial charge in [0.1, 0.15) is 30.3 Å². The number of fused-ring (bicyclic) bond motifs is 1. The molecule has 0 aliphatic carbocycles. The lowest BCUT2D eigenvalue weighted by Crippen LogP contribution is -2.46. The molecule has 1 amide bonds. The van der Waals surface area contributed by atoms with Gasteiger partial charge in [-0.2, -0.15) is 5.12 Å². The Bertz CT molecular complexity index is 1340. The quantitative estimate of drug-likeness (QED) is 0.205. The molecule has 1 aliphatic heterocycles. The number of primary amides is 1. The number of carbonyl (C=O) groups is 1. The number of aromatic nitrogens is 2. The van der Waals surface area contributed by atoms with Crippen molar-refractivity contribution < 1.29 is 23.8 Å². The second-order valence-electron chi connectivity index (χ2n) is 9.14. The van der Waals surface area contributed by atoms with Crippen LogP contribution in [-0.2, 0) is 4.79 Å². The molecule has 0 spiro atoms. The zero-order chi connectivity index (χ0) is 28.5. The van der Waals surface area contributed by atoms with E-state index in [-0.39, 0.29) is 13.2 Å². The Labute approximate surface area is 232 Å². The third kappa shape index (κ3) is 7.18. The summed E-state index contributed by atoms with van der Waals surface area (Å²) in [6, 6.07) is 9.53. The summed E-state index contributed by atoms with van der Waals surface area (Å²) >= 11 is 0. The first kappa shape index (κ1) is 28.6. The average molecular weight is 555 g/mol. The minimum atomic E-state index is -0.558. The lowest BCUT2D eigenvalue weighted by atomic mass is 10.2. The normalized spacial score (nSPS) is 13.0. The fraction of sp³-hybridized carbons (Fsp3) is 0.370. The first-order valence-corrected chi connectivity index (χ1v) is 13.1. The number of methoxy groups -OCH3 is 1. The van der Waals surface area contributed by atoms with Gasteiger partial charge in [-0.25, -0.2) is 14.4 Å². The van der Waals surface area contributed by atoms with Gasteiger partial charge in [0, 0.05) is 30.6 Å². The summed E-state index contributed by atoms with van der Waals surface area (Å²) in [6.45, 7) is 4.98. The molecule has 13 heteroatoms. The summed E-state index contributed by atoms with van der Waals surface area (Å²) in [5.41, 5.74) is 9.64. The number of carbonyl (C=O) groups excluding carboxylic acids is 1. The predicted octanol–water partition coefficient (Wildman–Crippen LogP) is 2.19. The van der Waals surface area contributed by atoms with Crippen molar-refractivity contribution in [3.8, 4) is 11.5 Å². The molecule has 3 aromatic rings. The van der Waals surface area contributed by atoms with Crippen LogP contribution in [0, 0.1) is 5.82 Å². The van der Waals surface area contributed by atoms with E-state index in [4.69, 9.17) is 15.2 Å². The molecule has 5 N–H and O–H groups in total. The number of hydrogen-bond acceptors (Lipinski definition) is 11. The maximum atomic E-state index is 13.9. The number of nitrogens with zero attached hydrogens (tertiary/aromatic N) is 5. The standard InChI is InChI=1S/C27H35FN8O4/c1-3-8-34(10-11-37)9-5-12-40-24-15-22-21(14-23(24)39-2)27(31-18-30-22)32-26-17-35(16-25(29)38)36(33-26)20-7-4-6-19(28)13-20/h4,6-7,13-15,17-18,33,37H,3,5,8-12,16H2,1-2H3,(H2,29,38)(H,30,31,32). The van der Waals surface area contributed by atoms with Gasteiger partial charge >= 0.3 is 0 Å². The topological polar surface area (TPSA) is 141 Å². The van der Waals surface area contributed by atoms with Crippen LogP contribution in [0.2, 0.25) is 0 Å². The van der Waals surface area contributed by atoms with Gasteiger partial charge in [0.25, 0.3) is 0 Å². The van der Waals surface area contributed by atoms with Crippen molar-refractivity contribution >= 4 is 28.3 Å². The molecule has 0 radical (unpaired) electrons. The number of hydrogen-bond donors (Lipinski definition) is 4. The second kappa shape index (κ2) is 13.6. The molecule has 0 unspecified atom stereocenters. The molecular weight excluding hydrogens is 519 g/mol. The van der Waals surface area contributed by atoms with E-state index in [9.17, 15) is 14.3 Å². The van der Waals surface area contributed by atoms with Crippen molar-refractivity contribution in [2.75, 3.05) is 56.9 Å². The summed E-state index contributed by atoms with van der Waals surface area (Å²) in [7, 11) is 1.56. The molecule has 2 heterocycles. The van der Waals surface area contributed by atoms with Gasteiger partial charge in [0.2, 0.25) is 5.91 Å². The van der Waals surface area contributed by atoms with Crippen LogP contribution in [0.25, 0.3) is 10.9 Å². The van der Waals surface area contributed by atoms with Gasteiger partial charge in [-0.05, 0) is 37.6 Å². The van der Waals surface area contributed by atoms with Crippen LogP contribution >= 0.6 is 0 Å². The van der Waals surface area contributed by atoms with Crippen LogP contribution in [0.5, 0.6) is 11.5 Å². The number of ether oxygens (including phenoxy) is 2. The van der Waals surface area contributed by atoms with Gasteiger partial charge < -0.3 is 30.5 Å². The van der Waals surface area contributed by atoms with E-state index in [0.717, 1.165) is 25.9 Å². The summed E-state index contributed by atoms with van der Waals surface area (Å²) in [5.74, 6) is 1.06. The SMILES string of the molecule is CCCN(CCO)CCCOc1cc2ncnc(NC3=CN(CC(N)=O)N(c4cccc(F)c4)N3)c2cc1OC. The van der Waals surface area contributed by atoms with Gasteiger partial charge in [-0.3, -0.25) is 15.2 Å². The van der Waals surface area contributed by atoms with Crippen molar-refractivity contribution in [2.24, 2.45) is 5.73 Å². The van der Waals surface area contributed by atoms with Crippen molar-refractivity contribution in [1.82, 2.24) is 25.3 Å². The number of aliphatic hydroxyl groups is 1. The number of halogens is 1. The molecule has 40 heavy (non-hydrogen) atoms. The molecule has 12 nitrogen and oxygen atoms in total. The number of aliphatic hydroxyl groups excluding tert-OH is 1. The largest absolute Gasteiger partial charge is 0.493 e. The minimum absolute atomic E-state index is 0.133. The zero-order valence-corrected chi connectivity index (χ0v) is 22.6.